The van der Waals surface area contributed by atoms with Crippen molar-refractivity contribution in [3.05, 3.63) is 28.0 Å². The Labute approximate surface area is 110 Å². The molecule has 1 aromatic heterocycles. The van der Waals surface area contributed by atoms with Crippen molar-refractivity contribution < 1.29 is 4.79 Å². The average Bonchev–Trinajstić information content (AvgIpc) is 2.28. The molecule has 1 rings (SSSR count). The van der Waals surface area contributed by atoms with Crippen LogP contribution in [0.15, 0.2) is 12.3 Å². The van der Waals surface area contributed by atoms with Gasteiger partial charge in [-0.05, 0) is 19.9 Å². The highest BCUT2D eigenvalue weighted by Gasteiger charge is 2.19. The molecule has 6 heteroatoms. The van der Waals surface area contributed by atoms with Crippen LogP contribution < -0.4 is 0 Å². The zero-order chi connectivity index (χ0) is 13.0. The van der Waals surface area contributed by atoms with E-state index in [2.05, 4.69) is 4.98 Å². The van der Waals surface area contributed by atoms with Gasteiger partial charge in [0.2, 0.25) is 0 Å². The second-order valence-corrected chi connectivity index (χ2v) is 4.45. The molecule has 1 aromatic rings. The predicted molar refractivity (Wildman–Crippen MR) is 66.0 cm³/mol. The molecule has 0 spiro atoms. The molecule has 90 valence electrons. The van der Waals surface area contributed by atoms with Gasteiger partial charge in [-0.2, -0.15) is 5.26 Å². The maximum Gasteiger partial charge on any atom is 0.256 e. The third-order valence-corrected chi connectivity index (χ3v) is 2.85. The average molecular weight is 272 g/mol. The molecule has 4 nitrogen and oxygen atoms in total. The van der Waals surface area contributed by atoms with Crippen LogP contribution in [0, 0.1) is 11.3 Å². The molecule has 0 saturated carbocycles. The molecule has 1 amide bonds. The first kappa shape index (κ1) is 13.8. The van der Waals surface area contributed by atoms with Crippen LogP contribution in [-0.4, -0.2) is 28.4 Å². The Balaban J connectivity index is 3.02. The Morgan fingerprint density at radius 3 is 2.71 bits per heavy atom. The van der Waals surface area contributed by atoms with Gasteiger partial charge < -0.3 is 4.90 Å². The van der Waals surface area contributed by atoms with Gasteiger partial charge in [0.25, 0.3) is 5.91 Å². The summed E-state index contributed by atoms with van der Waals surface area (Å²) in [6.45, 7) is 3.69. The fourth-order valence-corrected chi connectivity index (χ4v) is 1.54. The SMILES string of the molecule is CC(C)N(CC#N)C(=O)c1cnc(Cl)c(Cl)c1. The second-order valence-electron chi connectivity index (χ2n) is 3.68. The number of hydrogen-bond acceptors (Lipinski definition) is 3. The van der Waals surface area contributed by atoms with Crippen molar-refractivity contribution in [3.63, 3.8) is 0 Å². The monoisotopic (exact) mass is 271 g/mol. The van der Waals surface area contributed by atoms with Gasteiger partial charge in [-0.25, -0.2) is 4.98 Å². The van der Waals surface area contributed by atoms with Crippen LogP contribution in [-0.2, 0) is 0 Å². The van der Waals surface area contributed by atoms with E-state index < -0.39 is 0 Å². The highest BCUT2D eigenvalue weighted by molar-refractivity contribution is 6.41. The number of hydrogen-bond donors (Lipinski definition) is 0. The van der Waals surface area contributed by atoms with Gasteiger partial charge in [0.1, 0.15) is 11.7 Å². The van der Waals surface area contributed by atoms with E-state index in [4.69, 9.17) is 28.5 Å². The standard InChI is InChI=1S/C11H11Cl2N3O/c1-7(2)16(4-3-14)11(17)8-5-9(12)10(13)15-6-8/h5-7H,4H2,1-2H3. The molecule has 0 aliphatic heterocycles. The Morgan fingerprint density at radius 1 is 1.59 bits per heavy atom. The van der Waals surface area contributed by atoms with E-state index >= 15 is 0 Å². The number of pyridine rings is 1. The van der Waals surface area contributed by atoms with E-state index in [9.17, 15) is 4.79 Å². The number of aromatic nitrogens is 1. The van der Waals surface area contributed by atoms with Crippen LogP contribution in [0.4, 0.5) is 0 Å². The van der Waals surface area contributed by atoms with Gasteiger partial charge in [0.15, 0.2) is 0 Å². The maximum atomic E-state index is 12.1. The summed E-state index contributed by atoms with van der Waals surface area (Å²) in [7, 11) is 0. The molecule has 1 heterocycles. The van der Waals surface area contributed by atoms with Crippen LogP contribution in [0.25, 0.3) is 0 Å². The lowest BCUT2D eigenvalue weighted by Crippen LogP contribution is -2.37. The lowest BCUT2D eigenvalue weighted by molar-refractivity contribution is 0.0731. The third-order valence-electron chi connectivity index (χ3n) is 2.17. The summed E-state index contributed by atoms with van der Waals surface area (Å²) in [4.78, 5) is 17.3. The van der Waals surface area contributed by atoms with Crippen molar-refractivity contribution in [3.8, 4) is 6.07 Å². The molecule has 0 aromatic carbocycles. The minimum absolute atomic E-state index is 0.0245. The minimum Gasteiger partial charge on any atom is -0.323 e. The normalized spacial score (nSPS) is 10.1. The molecule has 0 radical (unpaired) electrons. The summed E-state index contributed by atoms with van der Waals surface area (Å²) in [5, 5.41) is 9.05. The van der Waals surface area contributed by atoms with Gasteiger partial charge in [0, 0.05) is 12.2 Å². The zero-order valence-electron chi connectivity index (χ0n) is 9.44. The van der Waals surface area contributed by atoms with E-state index in [1.165, 1.54) is 17.2 Å². The largest absolute Gasteiger partial charge is 0.323 e. The van der Waals surface area contributed by atoms with E-state index in [1.54, 1.807) is 0 Å². The summed E-state index contributed by atoms with van der Waals surface area (Å²) >= 11 is 11.5. The number of nitriles is 1. The summed E-state index contributed by atoms with van der Waals surface area (Å²) in [5.41, 5.74) is 0.323. The highest BCUT2D eigenvalue weighted by atomic mass is 35.5. The zero-order valence-corrected chi connectivity index (χ0v) is 11.0. The number of halogens is 2. The molecule has 0 unspecified atom stereocenters. The van der Waals surface area contributed by atoms with Crippen LogP contribution in [0.5, 0.6) is 0 Å². The lowest BCUT2D eigenvalue weighted by Gasteiger charge is -2.23. The van der Waals surface area contributed by atoms with Gasteiger partial charge in [-0.1, -0.05) is 23.2 Å². The van der Waals surface area contributed by atoms with Gasteiger partial charge in [-0.3, -0.25) is 4.79 Å². The second kappa shape index (κ2) is 5.85. The molecular formula is C11H11Cl2N3O. The molecule has 0 aliphatic rings. The van der Waals surface area contributed by atoms with Gasteiger partial charge >= 0.3 is 0 Å². The van der Waals surface area contributed by atoms with Crippen LogP contribution in [0.3, 0.4) is 0 Å². The Morgan fingerprint density at radius 2 is 2.24 bits per heavy atom. The summed E-state index contributed by atoms with van der Waals surface area (Å²) in [5.74, 6) is -0.285. The van der Waals surface area contributed by atoms with E-state index in [0.29, 0.717) is 5.56 Å². The molecule has 0 fully saturated rings. The Kier molecular flexibility index (Phi) is 4.73. The molecule has 17 heavy (non-hydrogen) atoms. The highest BCUT2D eigenvalue weighted by Crippen LogP contribution is 2.20. The Bertz CT molecular complexity index is 468. The minimum atomic E-state index is -0.285. The van der Waals surface area contributed by atoms with Crippen molar-refractivity contribution in [2.45, 2.75) is 19.9 Å². The summed E-state index contributed by atoms with van der Waals surface area (Å²) in [6.07, 6.45) is 1.35. The number of rotatable bonds is 3. The van der Waals surface area contributed by atoms with Crippen LogP contribution in [0.2, 0.25) is 10.2 Å². The smallest absolute Gasteiger partial charge is 0.256 e. The van der Waals surface area contributed by atoms with E-state index in [-0.39, 0.29) is 28.7 Å². The third kappa shape index (κ3) is 3.32. The number of carbonyl (C=O) groups excluding carboxylic acids is 1. The first-order valence-electron chi connectivity index (χ1n) is 4.96. The van der Waals surface area contributed by atoms with Gasteiger partial charge in [0.05, 0.1) is 16.7 Å². The van der Waals surface area contributed by atoms with Crippen molar-refractivity contribution in [2.75, 3.05) is 6.54 Å². The quantitative estimate of drug-likeness (QED) is 0.628. The Hall–Kier alpha value is -1.31. The van der Waals surface area contributed by atoms with Crippen molar-refractivity contribution in [1.82, 2.24) is 9.88 Å². The number of amides is 1. The molecule has 0 aliphatic carbocycles. The fourth-order valence-electron chi connectivity index (χ4n) is 1.27. The molecular weight excluding hydrogens is 261 g/mol. The first-order chi connectivity index (χ1) is 7.97. The molecule has 0 N–H and O–H groups in total. The molecule has 0 bridgehead atoms. The molecule has 0 saturated heterocycles. The van der Waals surface area contributed by atoms with E-state index in [1.807, 2.05) is 19.9 Å². The van der Waals surface area contributed by atoms with E-state index in [0.717, 1.165) is 0 Å². The van der Waals surface area contributed by atoms with Gasteiger partial charge in [-0.15, -0.1) is 0 Å². The maximum absolute atomic E-state index is 12.1. The molecule has 0 atom stereocenters. The fraction of sp³-hybridized carbons (Fsp3) is 0.364. The lowest BCUT2D eigenvalue weighted by atomic mass is 10.2. The van der Waals surface area contributed by atoms with Crippen molar-refractivity contribution >= 4 is 29.1 Å². The van der Waals surface area contributed by atoms with Crippen molar-refractivity contribution in [1.29, 1.82) is 5.26 Å². The first-order valence-corrected chi connectivity index (χ1v) is 5.72. The topological polar surface area (TPSA) is 57.0 Å². The van der Waals surface area contributed by atoms with Crippen LogP contribution >= 0.6 is 23.2 Å². The predicted octanol–water partition coefficient (Wildman–Crippen LogP) is 2.76. The summed E-state index contributed by atoms with van der Waals surface area (Å²) in [6, 6.07) is 3.33. The van der Waals surface area contributed by atoms with Crippen molar-refractivity contribution in [2.24, 2.45) is 0 Å². The number of nitrogens with zero attached hydrogens (tertiary/aromatic N) is 3. The number of carbonyl (C=O) groups is 1. The van der Waals surface area contributed by atoms with Crippen LogP contribution in [0.1, 0.15) is 24.2 Å². The summed E-state index contributed by atoms with van der Waals surface area (Å²) < 4.78 is 0.